The molecule has 0 saturated carbocycles. The summed E-state index contributed by atoms with van der Waals surface area (Å²) in [5.74, 6) is -0.262. The third-order valence-corrected chi connectivity index (χ3v) is 3.22. The summed E-state index contributed by atoms with van der Waals surface area (Å²) in [5, 5.41) is 0. The summed E-state index contributed by atoms with van der Waals surface area (Å²) in [6.45, 7) is 6.14. The Labute approximate surface area is 141 Å². The zero-order valence-electron chi connectivity index (χ0n) is 13.6. The first kappa shape index (κ1) is 17.6. The number of carbonyl (C=O) groups excluding carboxylic acids is 2. The zero-order chi connectivity index (χ0) is 17.4. The average Bonchev–Trinajstić information content (AvgIpc) is 3.45. The van der Waals surface area contributed by atoms with Crippen LogP contribution < -0.4 is 0 Å². The number of ketones is 1. The van der Waals surface area contributed by atoms with Crippen molar-refractivity contribution in [3.8, 4) is 0 Å². The summed E-state index contributed by atoms with van der Waals surface area (Å²) < 4.78 is 9.60. The van der Waals surface area contributed by atoms with E-state index in [2.05, 4.69) is 6.58 Å². The number of rotatable bonds is 5. The monoisotopic (exact) mass is 324 g/mol. The fourth-order valence-corrected chi connectivity index (χ4v) is 1.80. The van der Waals surface area contributed by atoms with Crippen molar-refractivity contribution in [3.63, 3.8) is 0 Å². The maximum absolute atomic E-state index is 11.8. The molecule has 0 aromatic heterocycles. The van der Waals surface area contributed by atoms with Gasteiger partial charge in [0.15, 0.2) is 5.78 Å². The molecule has 0 bridgehead atoms. The summed E-state index contributed by atoms with van der Waals surface area (Å²) in [6.07, 6.45) is 0.142. The van der Waals surface area contributed by atoms with Crippen LogP contribution in [0.4, 0.5) is 0 Å². The van der Waals surface area contributed by atoms with Gasteiger partial charge >= 0.3 is 5.97 Å². The number of epoxide rings is 1. The molecule has 1 aliphatic rings. The van der Waals surface area contributed by atoms with E-state index in [9.17, 15) is 9.59 Å². The highest BCUT2D eigenvalue weighted by Gasteiger charge is 2.24. The molecule has 0 spiro atoms. The molecule has 2 aromatic rings. The van der Waals surface area contributed by atoms with Gasteiger partial charge in [0.2, 0.25) is 0 Å². The summed E-state index contributed by atoms with van der Waals surface area (Å²) in [7, 11) is 0. The SMILES string of the molecule is C=C(C)C(=O)OCC1CO1.O=C(c1ccccc1)c1ccccc1. The van der Waals surface area contributed by atoms with Crippen molar-refractivity contribution in [3.05, 3.63) is 83.9 Å². The molecule has 4 nitrogen and oxygen atoms in total. The van der Waals surface area contributed by atoms with Crippen LogP contribution in [0.3, 0.4) is 0 Å². The second kappa shape index (κ2) is 8.79. The van der Waals surface area contributed by atoms with Crippen molar-refractivity contribution >= 4 is 11.8 Å². The molecule has 0 amide bonds. The predicted molar refractivity (Wildman–Crippen MR) is 91.8 cm³/mol. The van der Waals surface area contributed by atoms with Gasteiger partial charge in [-0.05, 0) is 6.92 Å². The standard InChI is InChI=1S/C13H10O.C7H10O3/c14-13(11-7-3-1-4-8-11)12-9-5-2-6-10-12;1-5(2)7(8)10-4-6-3-9-6/h1-10H;6H,1,3-4H2,2H3. The minimum absolute atomic E-state index is 0.0752. The second-order valence-electron chi connectivity index (χ2n) is 5.40. The molecule has 0 radical (unpaired) electrons. The van der Waals surface area contributed by atoms with E-state index in [-0.39, 0.29) is 17.9 Å². The van der Waals surface area contributed by atoms with Gasteiger partial charge in [0.1, 0.15) is 12.7 Å². The van der Waals surface area contributed by atoms with Crippen molar-refractivity contribution in [1.29, 1.82) is 0 Å². The van der Waals surface area contributed by atoms with Gasteiger partial charge in [-0.1, -0.05) is 67.2 Å². The van der Waals surface area contributed by atoms with Crippen molar-refractivity contribution < 1.29 is 19.1 Å². The Hall–Kier alpha value is -2.72. The Morgan fingerprint density at radius 3 is 1.88 bits per heavy atom. The van der Waals surface area contributed by atoms with Crippen molar-refractivity contribution in [2.24, 2.45) is 0 Å². The van der Waals surface area contributed by atoms with E-state index in [1.165, 1.54) is 0 Å². The molecule has 1 fully saturated rings. The van der Waals surface area contributed by atoms with Crippen LogP contribution >= 0.6 is 0 Å². The first-order chi connectivity index (χ1) is 11.6. The molecule has 0 N–H and O–H groups in total. The molecule has 4 heteroatoms. The topological polar surface area (TPSA) is 55.9 Å². The Bertz CT molecular complexity index is 647. The molecule has 1 saturated heterocycles. The van der Waals surface area contributed by atoms with Gasteiger partial charge in [-0.3, -0.25) is 4.79 Å². The summed E-state index contributed by atoms with van der Waals surface area (Å²) in [4.78, 5) is 22.5. The van der Waals surface area contributed by atoms with Crippen LogP contribution in [0.5, 0.6) is 0 Å². The van der Waals surface area contributed by atoms with E-state index >= 15 is 0 Å². The quantitative estimate of drug-likeness (QED) is 0.366. The summed E-state index contributed by atoms with van der Waals surface area (Å²) in [5.41, 5.74) is 1.90. The molecular formula is C20H20O4. The van der Waals surface area contributed by atoms with Gasteiger partial charge in [-0.25, -0.2) is 4.79 Å². The highest BCUT2D eigenvalue weighted by molar-refractivity contribution is 6.08. The summed E-state index contributed by atoms with van der Waals surface area (Å²) >= 11 is 0. The number of hydrogen-bond acceptors (Lipinski definition) is 4. The first-order valence-corrected chi connectivity index (χ1v) is 7.67. The minimum Gasteiger partial charge on any atom is -0.459 e. The second-order valence-corrected chi connectivity index (χ2v) is 5.40. The van der Waals surface area contributed by atoms with Crippen molar-refractivity contribution in [1.82, 2.24) is 0 Å². The number of benzene rings is 2. The van der Waals surface area contributed by atoms with Gasteiger partial charge in [0, 0.05) is 16.7 Å². The lowest BCUT2D eigenvalue weighted by atomic mass is 10.0. The Balaban J connectivity index is 0.000000185. The molecular weight excluding hydrogens is 304 g/mol. The number of carbonyl (C=O) groups is 2. The van der Waals surface area contributed by atoms with E-state index in [1.54, 1.807) is 6.92 Å². The molecule has 1 atom stereocenters. The Morgan fingerprint density at radius 2 is 1.50 bits per heavy atom. The zero-order valence-corrected chi connectivity index (χ0v) is 13.6. The lowest BCUT2D eigenvalue weighted by Gasteiger charge is -1.99. The van der Waals surface area contributed by atoms with Gasteiger partial charge in [0.25, 0.3) is 0 Å². The molecule has 2 aromatic carbocycles. The molecule has 0 aliphatic carbocycles. The molecule has 1 unspecified atom stereocenters. The highest BCUT2D eigenvalue weighted by atomic mass is 16.6. The first-order valence-electron chi connectivity index (χ1n) is 7.67. The van der Waals surface area contributed by atoms with Crippen LogP contribution in [0.1, 0.15) is 22.8 Å². The lowest BCUT2D eigenvalue weighted by Crippen LogP contribution is -2.09. The number of ether oxygens (including phenoxy) is 2. The van der Waals surface area contributed by atoms with Crippen LogP contribution in [0, 0.1) is 0 Å². The van der Waals surface area contributed by atoms with Crippen LogP contribution in [-0.2, 0) is 14.3 Å². The Morgan fingerprint density at radius 1 is 1.04 bits per heavy atom. The average molecular weight is 324 g/mol. The largest absolute Gasteiger partial charge is 0.459 e. The van der Waals surface area contributed by atoms with E-state index in [4.69, 9.17) is 9.47 Å². The maximum Gasteiger partial charge on any atom is 0.333 e. The van der Waals surface area contributed by atoms with Crippen LogP contribution in [0.25, 0.3) is 0 Å². The van der Waals surface area contributed by atoms with Crippen LogP contribution in [0.2, 0.25) is 0 Å². The lowest BCUT2D eigenvalue weighted by molar-refractivity contribution is -0.139. The maximum atomic E-state index is 11.8. The van der Waals surface area contributed by atoms with Gasteiger partial charge < -0.3 is 9.47 Å². The van der Waals surface area contributed by atoms with Crippen molar-refractivity contribution in [2.45, 2.75) is 13.0 Å². The van der Waals surface area contributed by atoms with E-state index in [0.29, 0.717) is 18.8 Å². The fourth-order valence-electron chi connectivity index (χ4n) is 1.80. The molecule has 1 heterocycles. The van der Waals surface area contributed by atoms with E-state index in [1.807, 2.05) is 60.7 Å². The predicted octanol–water partition coefficient (Wildman–Crippen LogP) is 3.42. The van der Waals surface area contributed by atoms with Crippen LogP contribution in [-0.4, -0.2) is 31.1 Å². The molecule has 24 heavy (non-hydrogen) atoms. The normalized spacial score (nSPS) is 14.8. The number of esters is 1. The third-order valence-electron chi connectivity index (χ3n) is 3.22. The molecule has 3 rings (SSSR count). The Kier molecular flexibility index (Phi) is 6.46. The van der Waals surface area contributed by atoms with E-state index in [0.717, 1.165) is 11.1 Å². The van der Waals surface area contributed by atoms with E-state index < -0.39 is 0 Å². The highest BCUT2D eigenvalue weighted by Crippen LogP contribution is 2.09. The molecule has 1 aliphatic heterocycles. The molecule has 124 valence electrons. The number of hydrogen-bond donors (Lipinski definition) is 0. The smallest absolute Gasteiger partial charge is 0.333 e. The third kappa shape index (κ3) is 5.82. The van der Waals surface area contributed by atoms with Gasteiger partial charge in [-0.15, -0.1) is 0 Å². The van der Waals surface area contributed by atoms with Gasteiger partial charge in [-0.2, -0.15) is 0 Å². The summed E-state index contributed by atoms with van der Waals surface area (Å²) in [6, 6.07) is 18.6. The van der Waals surface area contributed by atoms with Gasteiger partial charge in [0.05, 0.1) is 6.61 Å². The minimum atomic E-state index is -0.337. The van der Waals surface area contributed by atoms with Crippen LogP contribution in [0.15, 0.2) is 72.8 Å². The van der Waals surface area contributed by atoms with Crippen molar-refractivity contribution in [2.75, 3.05) is 13.2 Å². The fraction of sp³-hybridized carbons (Fsp3) is 0.200.